The minimum atomic E-state index is -2.03. The van der Waals surface area contributed by atoms with Crippen molar-refractivity contribution in [1.82, 2.24) is 16.0 Å². The summed E-state index contributed by atoms with van der Waals surface area (Å²) in [7, 11) is 1.60. The van der Waals surface area contributed by atoms with Crippen molar-refractivity contribution in [3.8, 4) is 0 Å². The lowest BCUT2D eigenvalue weighted by Crippen LogP contribution is -2.51. The van der Waals surface area contributed by atoms with Crippen LogP contribution in [0.25, 0.3) is 0 Å². The number of benzene rings is 1. The van der Waals surface area contributed by atoms with Crippen LogP contribution < -0.4 is 27.4 Å². The number of nitrogens with one attached hydrogen (secondary N) is 3. The molecular formula is C37H54N6O5. The summed E-state index contributed by atoms with van der Waals surface area (Å²) in [6.07, 6.45) is 9.76. The van der Waals surface area contributed by atoms with E-state index < -0.39 is 23.0 Å². The van der Waals surface area contributed by atoms with Crippen molar-refractivity contribution in [2.24, 2.45) is 28.3 Å². The maximum Gasteiger partial charge on any atom is 0.350 e. The molecule has 1 aromatic rings. The topological polar surface area (TPSA) is 173 Å². The fourth-order valence-electron chi connectivity index (χ4n) is 6.73. The number of dihydropyridines is 1. The third-order valence-corrected chi connectivity index (χ3v) is 9.37. The number of aliphatic imine (C=N–C) groups is 1. The Morgan fingerprint density at radius 2 is 2.00 bits per heavy atom. The Labute approximate surface area is 285 Å². The lowest BCUT2D eigenvalue weighted by molar-refractivity contribution is -0.149. The van der Waals surface area contributed by atoms with Crippen LogP contribution in [0.3, 0.4) is 0 Å². The van der Waals surface area contributed by atoms with Crippen LogP contribution in [0.2, 0.25) is 0 Å². The van der Waals surface area contributed by atoms with E-state index in [4.69, 9.17) is 20.9 Å². The van der Waals surface area contributed by atoms with Crippen LogP contribution in [0.15, 0.2) is 58.4 Å². The van der Waals surface area contributed by atoms with Crippen LogP contribution in [-0.2, 0) is 20.7 Å². The molecule has 0 spiro atoms. The number of carbonyl (C=O) groups excluding carboxylic acids is 3. The first-order chi connectivity index (χ1) is 22.9. The molecule has 4 unspecified atom stereocenters. The summed E-state index contributed by atoms with van der Waals surface area (Å²) in [4.78, 5) is 47.0. The standard InChI is InChI=1S/C37H54N6O5/c1-7-9-11-25(21-41-8-2)22-47-34(46)37-33(45)31-27(18-23(3)4)12-10-13-28(31)32(44)36(37,48-37)16-14-24(5)19-29(43-35(39)40-6)26-15-17-42-30(38)20-26/h10,12-15,20,23,25,29,41-42H,7-9,11,16-19,21-22,38H2,1-6H3,(H3,39,40,43). The number of unbranched alkanes of at least 4 members (excludes halogenated alkanes) is 1. The maximum absolute atomic E-state index is 14.5. The zero-order chi connectivity index (χ0) is 35.1. The van der Waals surface area contributed by atoms with Gasteiger partial charge in [-0.25, -0.2) is 4.79 Å². The third-order valence-electron chi connectivity index (χ3n) is 9.37. The van der Waals surface area contributed by atoms with Crippen molar-refractivity contribution >= 4 is 23.5 Å². The molecule has 1 saturated heterocycles. The lowest BCUT2D eigenvalue weighted by atomic mass is 9.70. The van der Waals surface area contributed by atoms with E-state index in [9.17, 15) is 14.4 Å². The summed E-state index contributed by atoms with van der Waals surface area (Å²) in [5.74, 6) is -0.514. The summed E-state index contributed by atoms with van der Waals surface area (Å²) < 4.78 is 12.1. The lowest BCUT2D eigenvalue weighted by Gasteiger charge is -2.27. The number of esters is 1. The number of nitrogens with two attached hydrogens (primary N) is 2. The van der Waals surface area contributed by atoms with Crippen LogP contribution in [0.4, 0.5) is 0 Å². The van der Waals surface area contributed by atoms with Gasteiger partial charge in [0.05, 0.1) is 18.5 Å². The molecule has 11 nitrogen and oxygen atoms in total. The average Bonchev–Trinajstić information content (AvgIpc) is 3.77. The Kier molecular flexibility index (Phi) is 12.3. The first-order valence-corrected chi connectivity index (χ1v) is 17.3. The van der Waals surface area contributed by atoms with Gasteiger partial charge in [0.15, 0.2) is 17.3 Å². The van der Waals surface area contributed by atoms with E-state index in [0.29, 0.717) is 37.3 Å². The van der Waals surface area contributed by atoms with Gasteiger partial charge in [-0.05, 0) is 55.9 Å². The minimum absolute atomic E-state index is 0.0334. The zero-order valence-electron chi connectivity index (χ0n) is 29.4. The average molecular weight is 663 g/mol. The molecule has 2 aliphatic heterocycles. The van der Waals surface area contributed by atoms with E-state index in [-0.39, 0.29) is 48.2 Å². The highest BCUT2D eigenvalue weighted by Crippen LogP contribution is 2.59. The molecule has 11 heteroatoms. The predicted molar refractivity (Wildman–Crippen MR) is 189 cm³/mol. The second-order valence-corrected chi connectivity index (χ2v) is 13.6. The van der Waals surface area contributed by atoms with E-state index >= 15 is 0 Å². The highest BCUT2D eigenvalue weighted by atomic mass is 16.7. The number of fused-ring (bicyclic) bond motifs is 2. The summed E-state index contributed by atoms with van der Waals surface area (Å²) in [6.45, 7) is 12.4. The molecule has 0 radical (unpaired) electrons. The smallest absolute Gasteiger partial charge is 0.350 e. The summed E-state index contributed by atoms with van der Waals surface area (Å²) in [5, 5.41) is 9.65. The van der Waals surface area contributed by atoms with Crippen molar-refractivity contribution in [3.05, 3.63) is 70.1 Å². The molecule has 1 fully saturated rings. The van der Waals surface area contributed by atoms with Gasteiger partial charge in [-0.1, -0.05) is 76.5 Å². The molecule has 48 heavy (non-hydrogen) atoms. The van der Waals surface area contributed by atoms with E-state index in [1.165, 1.54) is 0 Å². The number of hydrogen-bond donors (Lipinski definition) is 5. The highest BCUT2D eigenvalue weighted by Gasteiger charge is 2.85. The molecule has 4 atom stereocenters. The zero-order valence-corrected chi connectivity index (χ0v) is 29.4. The van der Waals surface area contributed by atoms with Crippen molar-refractivity contribution in [2.75, 3.05) is 33.3 Å². The largest absolute Gasteiger partial charge is 0.463 e. The van der Waals surface area contributed by atoms with E-state index in [1.54, 1.807) is 19.2 Å². The normalized spacial score (nSPS) is 23.4. The van der Waals surface area contributed by atoms with Gasteiger partial charge in [0.1, 0.15) is 0 Å². The SMILES string of the molecule is CCCCC(CNCC)COC(=O)C12OC1(CC=C(C)CC(NC(N)=NC)C1=CCNC(N)=C1)C(=O)c1cccc(CC(C)C)c1C2=O. The second kappa shape index (κ2) is 16.0. The first kappa shape index (κ1) is 36.9. The number of epoxide rings is 1. The van der Waals surface area contributed by atoms with Crippen molar-refractivity contribution in [3.63, 3.8) is 0 Å². The summed E-state index contributed by atoms with van der Waals surface area (Å²) in [6, 6.07) is 5.07. The number of rotatable bonds is 17. The van der Waals surface area contributed by atoms with E-state index in [1.807, 2.05) is 38.1 Å². The minimum Gasteiger partial charge on any atom is -0.463 e. The van der Waals surface area contributed by atoms with E-state index in [2.05, 4.69) is 41.7 Å². The van der Waals surface area contributed by atoms with Gasteiger partial charge in [0.25, 0.3) is 5.60 Å². The molecule has 2 heterocycles. The number of ether oxygens (including phenoxy) is 2. The van der Waals surface area contributed by atoms with Gasteiger partial charge >= 0.3 is 5.97 Å². The Balaban J connectivity index is 1.67. The van der Waals surface area contributed by atoms with Crippen molar-refractivity contribution in [1.29, 1.82) is 0 Å². The predicted octanol–water partition coefficient (Wildman–Crippen LogP) is 3.69. The van der Waals surface area contributed by atoms with Crippen LogP contribution in [0.5, 0.6) is 0 Å². The third kappa shape index (κ3) is 7.68. The van der Waals surface area contributed by atoms with E-state index in [0.717, 1.165) is 42.5 Å². The van der Waals surface area contributed by atoms with Crippen LogP contribution in [0.1, 0.15) is 93.0 Å². The van der Waals surface area contributed by atoms with Gasteiger partial charge in [-0.3, -0.25) is 14.6 Å². The number of hydrogen-bond acceptors (Lipinski definition) is 9. The summed E-state index contributed by atoms with van der Waals surface area (Å²) in [5.41, 5.74) is 11.5. The molecule has 0 amide bonds. The fraction of sp³-hybridized carbons (Fsp3) is 0.568. The van der Waals surface area contributed by atoms with Crippen molar-refractivity contribution in [2.45, 2.75) is 90.4 Å². The number of Topliss-reactive ketones (excluding diaryl/α,β-unsaturated/α-hetero) is 2. The molecule has 0 bridgehead atoms. The fourth-order valence-corrected chi connectivity index (χ4v) is 6.73. The Bertz CT molecular complexity index is 1490. The number of ketones is 2. The number of guanidine groups is 1. The molecule has 4 rings (SSSR count). The Morgan fingerprint density at radius 3 is 2.67 bits per heavy atom. The Morgan fingerprint density at radius 1 is 1.23 bits per heavy atom. The molecule has 262 valence electrons. The van der Waals surface area contributed by atoms with Gasteiger partial charge in [-0.15, -0.1) is 0 Å². The van der Waals surface area contributed by atoms with Crippen LogP contribution >= 0.6 is 0 Å². The highest BCUT2D eigenvalue weighted by molar-refractivity contribution is 6.33. The molecule has 0 aromatic heterocycles. The Hall–Kier alpha value is -3.96. The van der Waals surface area contributed by atoms with Gasteiger partial charge < -0.3 is 36.9 Å². The molecule has 0 saturated carbocycles. The van der Waals surface area contributed by atoms with Crippen molar-refractivity contribution < 1.29 is 23.9 Å². The molecular weight excluding hydrogens is 608 g/mol. The molecule has 1 aromatic carbocycles. The van der Waals surface area contributed by atoms with Gasteiger partial charge in [0.2, 0.25) is 5.78 Å². The number of nitrogens with zero attached hydrogens (tertiary/aromatic N) is 1. The molecule has 3 aliphatic rings. The summed E-state index contributed by atoms with van der Waals surface area (Å²) >= 11 is 0. The van der Waals surface area contributed by atoms with Gasteiger partial charge in [0, 0.05) is 43.6 Å². The van der Waals surface area contributed by atoms with Crippen LogP contribution in [-0.4, -0.2) is 74.0 Å². The molecule has 7 N–H and O–H groups in total. The monoisotopic (exact) mass is 662 g/mol. The second-order valence-electron chi connectivity index (χ2n) is 13.6. The molecule has 1 aliphatic carbocycles. The quantitative estimate of drug-likeness (QED) is 0.0414. The maximum atomic E-state index is 14.5. The van der Waals surface area contributed by atoms with Crippen LogP contribution in [0, 0.1) is 11.8 Å². The number of carbonyl (C=O) groups is 3. The van der Waals surface area contributed by atoms with Gasteiger partial charge in [-0.2, -0.15) is 0 Å². The first-order valence-electron chi connectivity index (χ1n) is 17.3.